The molecule has 4 aromatic rings. The minimum atomic E-state index is -4.56. The number of carbonyl (C=O) groups excluding carboxylic acids is 1. The van der Waals surface area contributed by atoms with Crippen LogP contribution in [0.4, 0.5) is 28.9 Å². The Balaban J connectivity index is 1.43. The summed E-state index contributed by atoms with van der Waals surface area (Å²) in [6, 6.07) is 2.42. The quantitative estimate of drug-likeness (QED) is 0.213. The summed E-state index contributed by atoms with van der Waals surface area (Å²) in [6.45, 7) is 6.77. The van der Waals surface area contributed by atoms with Crippen molar-refractivity contribution in [3.63, 3.8) is 0 Å². The lowest BCUT2D eigenvalue weighted by Crippen LogP contribution is -2.46. The molecule has 1 fully saturated rings. The van der Waals surface area contributed by atoms with Gasteiger partial charge in [-0.2, -0.15) is 23.4 Å². The van der Waals surface area contributed by atoms with E-state index in [0.29, 0.717) is 29.2 Å². The third kappa shape index (κ3) is 6.48. The fraction of sp³-hybridized carbons (Fsp3) is 0.500. The summed E-state index contributed by atoms with van der Waals surface area (Å²) in [6.07, 6.45) is -3.44. The molecule has 11 nitrogen and oxygen atoms in total. The third-order valence-electron chi connectivity index (χ3n) is 6.92. The Hall–Kier alpha value is -3.79. The highest BCUT2D eigenvalue weighted by atomic mass is 32.1. The van der Waals surface area contributed by atoms with E-state index >= 15 is 0 Å². The number of anilines is 2. The molecule has 5 rings (SSSR count). The van der Waals surface area contributed by atoms with Crippen molar-refractivity contribution >= 4 is 39.5 Å². The molecule has 3 aromatic heterocycles. The van der Waals surface area contributed by atoms with Gasteiger partial charge in [0.2, 0.25) is 5.13 Å². The third-order valence-corrected chi connectivity index (χ3v) is 7.82. The molecular weight excluding hydrogens is 576 g/mol. The molecule has 0 saturated carbocycles. The molecular formula is C26H32F4N10OS. The molecule has 42 heavy (non-hydrogen) atoms. The van der Waals surface area contributed by atoms with Crippen molar-refractivity contribution in [3.05, 3.63) is 40.8 Å². The zero-order chi connectivity index (χ0) is 30.4. The number of likely N-dealkylation sites (tertiary alicyclic amines) is 1. The number of amides is 1. The molecule has 16 heteroatoms. The average Bonchev–Trinajstić information content (AvgIpc) is 3.63. The number of aromatic nitrogens is 6. The van der Waals surface area contributed by atoms with Gasteiger partial charge in [-0.05, 0) is 46.4 Å². The molecule has 4 N–H and O–H groups in total. The summed E-state index contributed by atoms with van der Waals surface area (Å²) in [4.78, 5) is 14.5. The Labute approximate surface area is 243 Å². The van der Waals surface area contributed by atoms with Crippen LogP contribution in [-0.4, -0.2) is 79.1 Å². The van der Waals surface area contributed by atoms with Crippen LogP contribution in [0.3, 0.4) is 0 Å². The van der Waals surface area contributed by atoms with E-state index in [1.807, 2.05) is 32.7 Å². The number of fused-ring (bicyclic) bond motifs is 1. The fourth-order valence-corrected chi connectivity index (χ4v) is 5.53. The molecule has 1 aliphatic rings. The zero-order valence-corrected chi connectivity index (χ0v) is 24.4. The summed E-state index contributed by atoms with van der Waals surface area (Å²) in [7, 11) is 1.83. The molecule has 2 atom stereocenters. The van der Waals surface area contributed by atoms with Gasteiger partial charge in [0.05, 0.1) is 47.7 Å². The SMILES string of the molecule is CN1CC[C@@H](Nc2cc(N)cc3c(CC(F)(F)F)n(-c4nnc(CNC(=O)c5cnn(C(C)(C)C)c5)s4)nc23)[C@@H](F)C1. The number of alkyl halides is 4. The van der Waals surface area contributed by atoms with Crippen LogP contribution in [-0.2, 0) is 18.5 Å². The molecule has 0 bridgehead atoms. The van der Waals surface area contributed by atoms with E-state index in [2.05, 4.69) is 31.0 Å². The molecule has 0 radical (unpaired) electrons. The number of nitrogens with one attached hydrogen (secondary N) is 2. The lowest BCUT2D eigenvalue weighted by atomic mass is 10.0. The summed E-state index contributed by atoms with van der Waals surface area (Å²) in [5.41, 5.74) is 6.75. The average molecular weight is 609 g/mol. The topological polar surface area (TPSA) is 132 Å². The standard InChI is InChI=1S/C26H32F4N10OS/c1-25(2,3)39-12-14(10-33-39)23(41)32-11-21-35-36-24(42-21)40-20(9-26(28,29)30)16-7-15(31)8-19(22(16)37-40)34-18-5-6-38(4)13-17(18)27/h7-8,10,12,17-18,34H,5-6,9,11,13,31H2,1-4H3,(H,32,41)/t17-,18+/m0/s1. The van der Waals surface area contributed by atoms with Crippen LogP contribution in [0.1, 0.15) is 48.3 Å². The van der Waals surface area contributed by atoms with Gasteiger partial charge < -0.3 is 21.3 Å². The highest BCUT2D eigenvalue weighted by Crippen LogP contribution is 2.35. The first-order valence-corrected chi connectivity index (χ1v) is 14.1. The maximum atomic E-state index is 14.8. The van der Waals surface area contributed by atoms with E-state index in [1.54, 1.807) is 16.9 Å². The number of piperidine rings is 1. The first kappa shape index (κ1) is 29.7. The number of carbonyl (C=O) groups is 1. The number of rotatable bonds is 7. The minimum absolute atomic E-state index is 0.000356. The molecule has 1 amide bonds. The van der Waals surface area contributed by atoms with Crippen molar-refractivity contribution in [3.8, 4) is 5.13 Å². The van der Waals surface area contributed by atoms with Crippen molar-refractivity contribution in [2.45, 2.75) is 64.1 Å². The number of nitrogen functional groups attached to an aromatic ring is 1. The molecule has 1 aliphatic heterocycles. The van der Waals surface area contributed by atoms with E-state index in [1.165, 1.54) is 12.3 Å². The van der Waals surface area contributed by atoms with Crippen molar-refractivity contribution < 1.29 is 22.4 Å². The lowest BCUT2D eigenvalue weighted by molar-refractivity contribution is -0.127. The van der Waals surface area contributed by atoms with Crippen LogP contribution >= 0.6 is 11.3 Å². The number of hydrogen-bond acceptors (Lipinski definition) is 9. The van der Waals surface area contributed by atoms with Crippen LogP contribution in [0.2, 0.25) is 0 Å². The summed E-state index contributed by atoms with van der Waals surface area (Å²) >= 11 is 0.993. The first-order valence-electron chi connectivity index (χ1n) is 13.3. The number of benzene rings is 1. The van der Waals surface area contributed by atoms with Gasteiger partial charge in [0.25, 0.3) is 5.91 Å². The predicted molar refractivity (Wildman–Crippen MR) is 152 cm³/mol. The zero-order valence-electron chi connectivity index (χ0n) is 23.5. The van der Waals surface area contributed by atoms with Crippen LogP contribution in [0, 0.1) is 0 Å². The van der Waals surface area contributed by atoms with E-state index in [-0.39, 0.29) is 52.0 Å². The summed E-state index contributed by atoms with van der Waals surface area (Å²) in [5.74, 6) is -0.379. The van der Waals surface area contributed by atoms with Gasteiger partial charge >= 0.3 is 6.18 Å². The van der Waals surface area contributed by atoms with Gasteiger partial charge in [-0.1, -0.05) is 11.3 Å². The second-order valence-electron chi connectivity index (χ2n) is 11.4. The van der Waals surface area contributed by atoms with Crippen molar-refractivity contribution in [1.29, 1.82) is 0 Å². The highest BCUT2D eigenvalue weighted by Gasteiger charge is 2.34. The molecule has 0 unspecified atom stereocenters. The van der Waals surface area contributed by atoms with Crippen LogP contribution in [0.5, 0.6) is 0 Å². The smallest absolute Gasteiger partial charge is 0.394 e. The van der Waals surface area contributed by atoms with Crippen molar-refractivity contribution in [2.75, 3.05) is 31.2 Å². The van der Waals surface area contributed by atoms with Gasteiger partial charge in [0.15, 0.2) is 0 Å². The second-order valence-corrected chi connectivity index (χ2v) is 12.5. The molecule has 0 spiro atoms. The maximum absolute atomic E-state index is 14.8. The molecule has 0 aliphatic carbocycles. The Morgan fingerprint density at radius 2 is 1.98 bits per heavy atom. The first-order chi connectivity index (χ1) is 19.7. The second kappa shape index (κ2) is 11.1. The largest absolute Gasteiger partial charge is 0.399 e. The van der Waals surface area contributed by atoms with E-state index < -0.39 is 24.8 Å². The van der Waals surface area contributed by atoms with Crippen molar-refractivity contribution in [1.82, 2.24) is 40.0 Å². The number of hydrogen-bond donors (Lipinski definition) is 3. The van der Waals surface area contributed by atoms with Gasteiger partial charge in [-0.15, -0.1) is 10.2 Å². The van der Waals surface area contributed by atoms with E-state index in [0.717, 1.165) is 16.0 Å². The Morgan fingerprint density at radius 1 is 1.21 bits per heavy atom. The van der Waals surface area contributed by atoms with Crippen LogP contribution in [0.25, 0.3) is 16.0 Å². The van der Waals surface area contributed by atoms with Crippen molar-refractivity contribution in [2.24, 2.45) is 0 Å². The fourth-order valence-electron chi connectivity index (χ4n) is 4.77. The van der Waals surface area contributed by atoms with Crippen LogP contribution in [0.15, 0.2) is 24.5 Å². The molecule has 4 heterocycles. The van der Waals surface area contributed by atoms with Gasteiger partial charge in [0.1, 0.15) is 16.7 Å². The highest BCUT2D eigenvalue weighted by molar-refractivity contribution is 7.13. The normalized spacial score (nSPS) is 18.5. The molecule has 1 saturated heterocycles. The number of nitrogens with zero attached hydrogens (tertiary/aromatic N) is 7. The van der Waals surface area contributed by atoms with Gasteiger partial charge in [-0.25, -0.2) is 9.07 Å². The monoisotopic (exact) mass is 608 g/mol. The summed E-state index contributed by atoms with van der Waals surface area (Å²) < 4.78 is 58.7. The minimum Gasteiger partial charge on any atom is -0.399 e. The van der Waals surface area contributed by atoms with Crippen LogP contribution < -0.4 is 16.4 Å². The lowest BCUT2D eigenvalue weighted by Gasteiger charge is -2.33. The Kier molecular flexibility index (Phi) is 7.87. The Bertz CT molecular complexity index is 1590. The van der Waals surface area contributed by atoms with E-state index in [9.17, 15) is 22.4 Å². The summed E-state index contributed by atoms with van der Waals surface area (Å²) in [5, 5.41) is 23.3. The maximum Gasteiger partial charge on any atom is 0.394 e. The Morgan fingerprint density at radius 3 is 2.64 bits per heavy atom. The van der Waals surface area contributed by atoms with Gasteiger partial charge in [0, 0.05) is 30.4 Å². The predicted octanol–water partition coefficient (Wildman–Crippen LogP) is 3.90. The number of nitrogens with two attached hydrogens (primary N) is 1. The molecule has 1 aromatic carbocycles. The molecule has 226 valence electrons. The van der Waals surface area contributed by atoms with Gasteiger partial charge in [-0.3, -0.25) is 9.48 Å². The number of halogens is 4. The van der Waals surface area contributed by atoms with E-state index in [4.69, 9.17) is 5.73 Å².